The molecule has 0 aromatic heterocycles. The first-order valence-electron chi connectivity index (χ1n) is 5.99. The second kappa shape index (κ2) is 5.31. The maximum Gasteiger partial charge on any atom is 0.233 e. The molecule has 2 aliphatic rings. The van der Waals surface area contributed by atoms with E-state index in [2.05, 4.69) is 22.8 Å². The number of carbonyl (C=O) groups is 1. The lowest BCUT2D eigenvalue weighted by Crippen LogP contribution is -2.37. The van der Waals surface area contributed by atoms with E-state index in [9.17, 15) is 4.79 Å². The third-order valence-electron chi connectivity index (χ3n) is 3.09. The number of carbonyl (C=O) groups excluding carboxylic acids is 1. The molecule has 1 saturated carbocycles. The third kappa shape index (κ3) is 4.04. The molecule has 2 rings (SSSR count). The van der Waals surface area contributed by atoms with Crippen LogP contribution in [0.25, 0.3) is 0 Å². The zero-order chi connectivity index (χ0) is 10.5. The predicted octanol–water partition coefficient (Wildman–Crippen LogP) is 1.21. The molecule has 2 aliphatic carbocycles. The summed E-state index contributed by atoms with van der Waals surface area (Å²) in [6.45, 7) is 1.34. The van der Waals surface area contributed by atoms with Gasteiger partial charge in [-0.05, 0) is 38.0 Å². The number of allylic oxidation sites excluding steroid dienone is 2. The third-order valence-corrected chi connectivity index (χ3v) is 3.09. The van der Waals surface area contributed by atoms with Crippen LogP contribution in [0.15, 0.2) is 12.2 Å². The molecule has 0 heterocycles. The van der Waals surface area contributed by atoms with Crippen molar-refractivity contribution in [2.45, 2.75) is 38.1 Å². The maximum absolute atomic E-state index is 11.4. The van der Waals surface area contributed by atoms with Crippen LogP contribution < -0.4 is 10.6 Å². The summed E-state index contributed by atoms with van der Waals surface area (Å²) in [5.41, 5.74) is 0. The molecule has 3 nitrogen and oxygen atoms in total. The average Bonchev–Trinajstić information content (AvgIpc) is 3.09. The van der Waals surface area contributed by atoms with Gasteiger partial charge in [0.05, 0.1) is 6.54 Å². The monoisotopic (exact) mass is 208 g/mol. The van der Waals surface area contributed by atoms with E-state index >= 15 is 0 Å². The van der Waals surface area contributed by atoms with Crippen molar-refractivity contribution in [2.75, 3.05) is 13.1 Å². The van der Waals surface area contributed by atoms with Crippen LogP contribution >= 0.6 is 0 Å². The summed E-state index contributed by atoms with van der Waals surface area (Å²) in [5.74, 6) is 0.802. The Bertz CT molecular complexity index is 246. The van der Waals surface area contributed by atoms with E-state index in [4.69, 9.17) is 0 Å². The highest BCUT2D eigenvalue weighted by atomic mass is 16.1. The second-order valence-electron chi connectivity index (χ2n) is 4.61. The van der Waals surface area contributed by atoms with E-state index in [1.807, 2.05) is 0 Å². The topological polar surface area (TPSA) is 41.1 Å². The summed E-state index contributed by atoms with van der Waals surface area (Å²) in [6, 6.07) is 0.619. The molecular weight excluding hydrogens is 188 g/mol. The summed E-state index contributed by atoms with van der Waals surface area (Å²) in [5, 5.41) is 6.22. The van der Waals surface area contributed by atoms with Crippen molar-refractivity contribution in [3.63, 3.8) is 0 Å². The standard InChI is InChI=1S/C12H20N2O/c15-12(9-13-11-6-7-11)14-8-10-4-2-1-3-5-10/h1-2,10-11,13H,3-9H2,(H,14,15). The van der Waals surface area contributed by atoms with E-state index in [0.29, 0.717) is 18.5 Å². The van der Waals surface area contributed by atoms with Gasteiger partial charge in [0.1, 0.15) is 0 Å². The number of amides is 1. The van der Waals surface area contributed by atoms with Gasteiger partial charge in [-0.15, -0.1) is 0 Å². The van der Waals surface area contributed by atoms with E-state index in [-0.39, 0.29) is 5.91 Å². The van der Waals surface area contributed by atoms with Crippen molar-refractivity contribution in [1.29, 1.82) is 0 Å². The number of rotatable bonds is 5. The number of hydrogen-bond donors (Lipinski definition) is 2. The van der Waals surface area contributed by atoms with Crippen molar-refractivity contribution in [3.8, 4) is 0 Å². The van der Waals surface area contributed by atoms with Crippen molar-refractivity contribution in [1.82, 2.24) is 10.6 Å². The molecule has 0 aliphatic heterocycles. The highest BCUT2D eigenvalue weighted by Gasteiger charge is 2.21. The lowest BCUT2D eigenvalue weighted by atomic mass is 9.94. The molecule has 0 aromatic carbocycles. The zero-order valence-corrected chi connectivity index (χ0v) is 9.17. The minimum atomic E-state index is 0.149. The van der Waals surface area contributed by atoms with Crippen LogP contribution in [0.1, 0.15) is 32.1 Å². The first kappa shape index (κ1) is 10.7. The summed E-state index contributed by atoms with van der Waals surface area (Å²) in [4.78, 5) is 11.4. The van der Waals surface area contributed by atoms with Crippen molar-refractivity contribution in [3.05, 3.63) is 12.2 Å². The molecule has 1 atom stereocenters. The van der Waals surface area contributed by atoms with Crippen LogP contribution in [-0.2, 0) is 4.79 Å². The van der Waals surface area contributed by atoms with Crippen molar-refractivity contribution in [2.24, 2.45) is 5.92 Å². The van der Waals surface area contributed by atoms with Crippen LogP contribution in [-0.4, -0.2) is 25.0 Å². The van der Waals surface area contributed by atoms with Gasteiger partial charge in [0.15, 0.2) is 0 Å². The molecule has 1 unspecified atom stereocenters. The number of nitrogens with one attached hydrogen (secondary N) is 2. The minimum absolute atomic E-state index is 0.149. The summed E-state index contributed by atoms with van der Waals surface area (Å²) >= 11 is 0. The smallest absolute Gasteiger partial charge is 0.233 e. The van der Waals surface area contributed by atoms with E-state index in [1.165, 1.54) is 25.7 Å². The van der Waals surface area contributed by atoms with Crippen LogP contribution in [0.3, 0.4) is 0 Å². The Morgan fingerprint density at radius 3 is 2.80 bits per heavy atom. The first-order valence-corrected chi connectivity index (χ1v) is 5.99. The van der Waals surface area contributed by atoms with Crippen LogP contribution in [0.4, 0.5) is 0 Å². The highest BCUT2D eigenvalue weighted by Crippen LogP contribution is 2.18. The van der Waals surface area contributed by atoms with E-state index in [1.54, 1.807) is 0 Å². The average molecular weight is 208 g/mol. The Morgan fingerprint density at radius 1 is 1.27 bits per heavy atom. The van der Waals surface area contributed by atoms with Crippen molar-refractivity contribution < 1.29 is 4.79 Å². The lowest BCUT2D eigenvalue weighted by Gasteiger charge is -2.18. The van der Waals surface area contributed by atoms with Gasteiger partial charge in [0.25, 0.3) is 0 Å². The fourth-order valence-electron chi connectivity index (χ4n) is 1.89. The largest absolute Gasteiger partial charge is 0.355 e. The minimum Gasteiger partial charge on any atom is -0.355 e. The van der Waals surface area contributed by atoms with Gasteiger partial charge in [-0.25, -0.2) is 0 Å². The lowest BCUT2D eigenvalue weighted by molar-refractivity contribution is -0.120. The van der Waals surface area contributed by atoms with Gasteiger partial charge in [0.2, 0.25) is 5.91 Å². The molecule has 84 valence electrons. The Kier molecular flexibility index (Phi) is 3.78. The fourth-order valence-corrected chi connectivity index (χ4v) is 1.89. The van der Waals surface area contributed by atoms with E-state index < -0.39 is 0 Å². The molecule has 15 heavy (non-hydrogen) atoms. The zero-order valence-electron chi connectivity index (χ0n) is 9.17. The molecular formula is C12H20N2O. The van der Waals surface area contributed by atoms with Gasteiger partial charge in [-0.2, -0.15) is 0 Å². The van der Waals surface area contributed by atoms with E-state index in [0.717, 1.165) is 13.0 Å². The van der Waals surface area contributed by atoms with Gasteiger partial charge >= 0.3 is 0 Å². The molecule has 0 aromatic rings. The SMILES string of the molecule is O=C(CNC1CC1)NCC1CC=CCC1. The molecule has 1 fully saturated rings. The normalized spacial score (nSPS) is 25.2. The molecule has 3 heteroatoms. The summed E-state index contributed by atoms with van der Waals surface area (Å²) < 4.78 is 0. The predicted molar refractivity (Wildman–Crippen MR) is 60.5 cm³/mol. The molecule has 1 amide bonds. The maximum atomic E-state index is 11.4. The Morgan fingerprint density at radius 2 is 2.13 bits per heavy atom. The summed E-state index contributed by atoms with van der Waals surface area (Å²) in [6.07, 6.45) is 10.4. The van der Waals surface area contributed by atoms with Gasteiger partial charge < -0.3 is 10.6 Å². The second-order valence-corrected chi connectivity index (χ2v) is 4.61. The van der Waals surface area contributed by atoms with Crippen LogP contribution in [0, 0.1) is 5.92 Å². The van der Waals surface area contributed by atoms with Gasteiger partial charge in [-0.3, -0.25) is 4.79 Å². The molecule has 0 saturated heterocycles. The van der Waals surface area contributed by atoms with Gasteiger partial charge in [0, 0.05) is 12.6 Å². The van der Waals surface area contributed by atoms with Crippen molar-refractivity contribution >= 4 is 5.91 Å². The molecule has 0 radical (unpaired) electrons. The number of hydrogen-bond acceptors (Lipinski definition) is 2. The molecule has 2 N–H and O–H groups in total. The highest BCUT2D eigenvalue weighted by molar-refractivity contribution is 5.78. The Labute approximate surface area is 91.3 Å². The Balaban J connectivity index is 1.55. The quantitative estimate of drug-likeness (QED) is 0.667. The summed E-state index contributed by atoms with van der Waals surface area (Å²) in [7, 11) is 0. The first-order chi connectivity index (χ1) is 7.34. The Hall–Kier alpha value is -0.830. The van der Waals surface area contributed by atoms with Gasteiger partial charge in [-0.1, -0.05) is 12.2 Å². The molecule has 0 spiro atoms. The molecule has 0 bridgehead atoms. The fraction of sp³-hybridized carbons (Fsp3) is 0.750. The van der Waals surface area contributed by atoms with Crippen LogP contribution in [0.2, 0.25) is 0 Å². The van der Waals surface area contributed by atoms with Crippen LogP contribution in [0.5, 0.6) is 0 Å².